The molecule has 1 aliphatic heterocycles. The average Bonchev–Trinajstić information content (AvgIpc) is 2.49. The van der Waals surface area contributed by atoms with Crippen LogP contribution in [0, 0.1) is 0 Å². The quantitative estimate of drug-likeness (QED) is 0.654. The summed E-state index contributed by atoms with van der Waals surface area (Å²) in [6.07, 6.45) is 2.47. The first-order chi connectivity index (χ1) is 6.70. The van der Waals surface area contributed by atoms with Gasteiger partial charge in [-0.2, -0.15) is 0 Å². The molecule has 0 aromatic carbocycles. The molecule has 0 aromatic heterocycles. The van der Waals surface area contributed by atoms with E-state index < -0.39 is 5.79 Å². The molecular weight excluding hydrogens is 184 g/mol. The van der Waals surface area contributed by atoms with Crippen LogP contribution < -0.4 is 0 Å². The molecule has 2 unspecified atom stereocenters. The van der Waals surface area contributed by atoms with Crippen molar-refractivity contribution in [1.29, 1.82) is 0 Å². The number of aliphatic hydroxyl groups is 1. The van der Waals surface area contributed by atoms with E-state index in [0.717, 1.165) is 19.4 Å². The highest BCUT2D eigenvalue weighted by molar-refractivity contribution is 4.74. The second-order valence-electron chi connectivity index (χ2n) is 3.79. The fourth-order valence-electron chi connectivity index (χ4n) is 1.64. The van der Waals surface area contributed by atoms with Gasteiger partial charge in [0.25, 0.3) is 0 Å². The Balaban J connectivity index is 2.22. The second-order valence-corrected chi connectivity index (χ2v) is 3.79. The molecule has 0 saturated carbocycles. The van der Waals surface area contributed by atoms with Crippen molar-refractivity contribution in [2.24, 2.45) is 0 Å². The number of hydrogen-bond acceptors (Lipinski definition) is 4. The maximum Gasteiger partial charge on any atom is 0.166 e. The molecule has 0 spiro atoms. The third kappa shape index (κ3) is 3.53. The molecule has 4 nitrogen and oxygen atoms in total. The van der Waals surface area contributed by atoms with E-state index in [1.807, 2.05) is 6.92 Å². The molecule has 4 heteroatoms. The Bertz CT molecular complexity index is 162. The molecule has 0 radical (unpaired) electrons. The lowest BCUT2D eigenvalue weighted by Gasteiger charge is -2.22. The van der Waals surface area contributed by atoms with Gasteiger partial charge in [0.2, 0.25) is 0 Å². The first-order valence-electron chi connectivity index (χ1n) is 5.12. The minimum Gasteiger partial charge on any atom is -0.396 e. The molecule has 14 heavy (non-hydrogen) atoms. The molecule has 1 saturated heterocycles. The number of ether oxygens (including phenoxy) is 3. The standard InChI is InChI=1S/C10H20O4/c1-10(5-3-7-12-2)13-8-9(14-10)4-6-11/h9,11H,3-8H2,1-2H3. The molecular formula is C10H20O4. The zero-order valence-corrected chi connectivity index (χ0v) is 8.99. The van der Waals surface area contributed by atoms with Crippen molar-refractivity contribution in [2.75, 3.05) is 26.9 Å². The van der Waals surface area contributed by atoms with E-state index >= 15 is 0 Å². The molecule has 0 amide bonds. The van der Waals surface area contributed by atoms with Crippen molar-refractivity contribution in [3.8, 4) is 0 Å². The van der Waals surface area contributed by atoms with Crippen LogP contribution in [-0.2, 0) is 14.2 Å². The summed E-state index contributed by atoms with van der Waals surface area (Å²) in [6.45, 7) is 3.42. The van der Waals surface area contributed by atoms with Crippen LogP contribution in [0.25, 0.3) is 0 Å². The summed E-state index contributed by atoms with van der Waals surface area (Å²) in [7, 11) is 1.69. The topological polar surface area (TPSA) is 47.9 Å². The molecule has 0 aliphatic carbocycles. The van der Waals surface area contributed by atoms with Crippen LogP contribution in [0.2, 0.25) is 0 Å². The van der Waals surface area contributed by atoms with E-state index in [1.165, 1.54) is 0 Å². The Kier molecular flexibility index (Phi) is 4.81. The van der Waals surface area contributed by atoms with Gasteiger partial charge in [-0.3, -0.25) is 0 Å². The van der Waals surface area contributed by atoms with Gasteiger partial charge < -0.3 is 19.3 Å². The normalized spacial score (nSPS) is 32.4. The van der Waals surface area contributed by atoms with Gasteiger partial charge in [-0.15, -0.1) is 0 Å². The third-order valence-corrected chi connectivity index (χ3v) is 2.42. The SMILES string of the molecule is COCCCC1(C)OCC(CCO)O1. The second kappa shape index (κ2) is 5.66. The van der Waals surface area contributed by atoms with Gasteiger partial charge in [-0.05, 0) is 19.8 Å². The van der Waals surface area contributed by atoms with E-state index in [4.69, 9.17) is 19.3 Å². The summed E-state index contributed by atoms with van der Waals surface area (Å²) in [5.41, 5.74) is 0. The molecule has 84 valence electrons. The highest BCUT2D eigenvalue weighted by atomic mass is 16.7. The monoisotopic (exact) mass is 204 g/mol. The zero-order chi connectivity index (χ0) is 10.4. The van der Waals surface area contributed by atoms with Gasteiger partial charge in [-0.1, -0.05) is 0 Å². The Morgan fingerprint density at radius 2 is 2.36 bits per heavy atom. The highest BCUT2D eigenvalue weighted by Crippen LogP contribution is 2.28. The first-order valence-corrected chi connectivity index (χ1v) is 5.12. The Morgan fingerprint density at radius 3 is 3.00 bits per heavy atom. The van der Waals surface area contributed by atoms with E-state index in [-0.39, 0.29) is 12.7 Å². The van der Waals surface area contributed by atoms with Crippen molar-refractivity contribution in [3.05, 3.63) is 0 Å². The number of hydrogen-bond donors (Lipinski definition) is 1. The van der Waals surface area contributed by atoms with Crippen LogP contribution in [0.4, 0.5) is 0 Å². The Hall–Kier alpha value is -0.160. The first kappa shape index (κ1) is 11.9. The summed E-state index contributed by atoms with van der Waals surface area (Å²) in [4.78, 5) is 0. The van der Waals surface area contributed by atoms with Gasteiger partial charge in [-0.25, -0.2) is 0 Å². The van der Waals surface area contributed by atoms with Gasteiger partial charge in [0, 0.05) is 26.7 Å². The minimum atomic E-state index is -0.474. The lowest BCUT2D eigenvalue weighted by atomic mass is 10.2. The maximum absolute atomic E-state index is 8.76. The molecule has 1 fully saturated rings. The maximum atomic E-state index is 8.76. The third-order valence-electron chi connectivity index (χ3n) is 2.42. The summed E-state index contributed by atoms with van der Waals surface area (Å²) in [6, 6.07) is 0. The van der Waals surface area contributed by atoms with Crippen molar-refractivity contribution < 1.29 is 19.3 Å². The smallest absolute Gasteiger partial charge is 0.166 e. The number of methoxy groups -OCH3 is 1. The number of aliphatic hydroxyl groups excluding tert-OH is 1. The zero-order valence-electron chi connectivity index (χ0n) is 8.99. The molecule has 0 aromatic rings. The molecule has 0 bridgehead atoms. The van der Waals surface area contributed by atoms with Crippen molar-refractivity contribution in [3.63, 3.8) is 0 Å². The Labute approximate surface area is 85.2 Å². The molecule has 2 atom stereocenters. The van der Waals surface area contributed by atoms with Gasteiger partial charge in [0.1, 0.15) is 0 Å². The Morgan fingerprint density at radius 1 is 1.57 bits per heavy atom. The average molecular weight is 204 g/mol. The van der Waals surface area contributed by atoms with Crippen LogP contribution in [0.15, 0.2) is 0 Å². The molecule has 1 aliphatic rings. The largest absolute Gasteiger partial charge is 0.396 e. The molecule has 1 rings (SSSR count). The van der Waals surface area contributed by atoms with Crippen molar-refractivity contribution in [1.82, 2.24) is 0 Å². The fraction of sp³-hybridized carbons (Fsp3) is 1.00. The molecule has 1 N–H and O–H groups in total. The molecule has 1 heterocycles. The summed E-state index contributed by atoms with van der Waals surface area (Å²) < 4.78 is 16.2. The fourth-order valence-corrected chi connectivity index (χ4v) is 1.64. The number of rotatable bonds is 6. The highest BCUT2D eigenvalue weighted by Gasteiger charge is 2.36. The lowest BCUT2D eigenvalue weighted by molar-refractivity contribution is -0.161. The van der Waals surface area contributed by atoms with Crippen LogP contribution in [0.3, 0.4) is 0 Å². The van der Waals surface area contributed by atoms with E-state index in [9.17, 15) is 0 Å². The van der Waals surface area contributed by atoms with Crippen LogP contribution in [0.5, 0.6) is 0 Å². The van der Waals surface area contributed by atoms with Crippen LogP contribution >= 0.6 is 0 Å². The minimum absolute atomic E-state index is 0.0487. The van der Waals surface area contributed by atoms with Crippen molar-refractivity contribution >= 4 is 0 Å². The van der Waals surface area contributed by atoms with E-state index in [2.05, 4.69) is 0 Å². The van der Waals surface area contributed by atoms with Crippen molar-refractivity contribution in [2.45, 2.75) is 38.1 Å². The summed E-state index contributed by atoms with van der Waals surface area (Å²) in [5, 5.41) is 8.76. The summed E-state index contributed by atoms with van der Waals surface area (Å²) >= 11 is 0. The van der Waals surface area contributed by atoms with E-state index in [1.54, 1.807) is 7.11 Å². The van der Waals surface area contributed by atoms with Gasteiger partial charge in [0.15, 0.2) is 5.79 Å². The van der Waals surface area contributed by atoms with E-state index in [0.29, 0.717) is 13.0 Å². The lowest BCUT2D eigenvalue weighted by Crippen LogP contribution is -2.27. The summed E-state index contributed by atoms with van der Waals surface area (Å²) in [5.74, 6) is -0.474. The predicted molar refractivity (Wildman–Crippen MR) is 52.0 cm³/mol. The van der Waals surface area contributed by atoms with Crippen LogP contribution in [-0.4, -0.2) is 43.9 Å². The predicted octanol–water partition coefficient (Wildman–Crippen LogP) is 0.927. The van der Waals surface area contributed by atoms with Crippen LogP contribution in [0.1, 0.15) is 26.2 Å². The van der Waals surface area contributed by atoms with Gasteiger partial charge in [0.05, 0.1) is 12.7 Å². The van der Waals surface area contributed by atoms with Gasteiger partial charge >= 0.3 is 0 Å².